The van der Waals surface area contributed by atoms with E-state index in [9.17, 15) is 9.59 Å². The summed E-state index contributed by atoms with van der Waals surface area (Å²) in [6.45, 7) is 1.87. The number of hydrogen-bond acceptors (Lipinski definition) is 6. The number of hydrogen-bond donors (Lipinski definition) is 1. The van der Waals surface area contributed by atoms with Crippen molar-refractivity contribution in [2.45, 2.75) is 12.8 Å². The number of methoxy groups -OCH3 is 2. The highest BCUT2D eigenvalue weighted by Crippen LogP contribution is 2.33. The topological polar surface area (TPSA) is 98.8 Å². The third-order valence-electron chi connectivity index (χ3n) is 6.21. The molecule has 1 aromatic carbocycles. The number of furan rings is 1. The number of likely N-dealkylation sites (tertiary alicyclic amines) is 1. The molecule has 3 heterocycles. The predicted octanol–water partition coefficient (Wildman–Crippen LogP) is 3.38. The van der Waals surface area contributed by atoms with Crippen molar-refractivity contribution in [3.8, 4) is 22.8 Å². The lowest BCUT2D eigenvalue weighted by atomic mass is 9.96. The SMILES string of the molecule is COc1ccc(OC)c(-c2cc(C(=O)NCC3CCN(C(=O)C=Cc4ccco4)CC3)n(C)n2)c1. The molecule has 1 aliphatic heterocycles. The van der Waals surface area contributed by atoms with Crippen LogP contribution in [0.4, 0.5) is 0 Å². The van der Waals surface area contributed by atoms with Crippen molar-refractivity contribution in [2.24, 2.45) is 13.0 Å². The molecule has 2 amide bonds. The Morgan fingerprint density at radius 2 is 1.97 bits per heavy atom. The van der Waals surface area contributed by atoms with Crippen molar-refractivity contribution in [3.63, 3.8) is 0 Å². The van der Waals surface area contributed by atoms with Crippen molar-refractivity contribution in [3.05, 3.63) is 60.2 Å². The Morgan fingerprint density at radius 1 is 1.17 bits per heavy atom. The van der Waals surface area contributed by atoms with E-state index >= 15 is 0 Å². The number of piperidine rings is 1. The molecular formula is C26H30N4O5. The highest BCUT2D eigenvalue weighted by molar-refractivity contribution is 5.94. The van der Waals surface area contributed by atoms with Gasteiger partial charge in [-0.25, -0.2) is 0 Å². The van der Waals surface area contributed by atoms with Gasteiger partial charge in [-0.1, -0.05) is 0 Å². The Kier molecular flexibility index (Phi) is 7.54. The summed E-state index contributed by atoms with van der Waals surface area (Å²) in [5.41, 5.74) is 1.84. The maximum absolute atomic E-state index is 12.9. The molecule has 1 aliphatic rings. The molecule has 2 aromatic heterocycles. The van der Waals surface area contributed by atoms with Gasteiger partial charge in [-0.3, -0.25) is 14.3 Å². The van der Waals surface area contributed by atoms with Crippen LogP contribution in [0.15, 0.2) is 53.2 Å². The second-order valence-electron chi connectivity index (χ2n) is 8.43. The van der Waals surface area contributed by atoms with Gasteiger partial charge in [-0.05, 0) is 61.2 Å². The highest BCUT2D eigenvalue weighted by Gasteiger charge is 2.23. The minimum atomic E-state index is -0.187. The summed E-state index contributed by atoms with van der Waals surface area (Å²) >= 11 is 0. The maximum atomic E-state index is 12.9. The van der Waals surface area contributed by atoms with Crippen molar-refractivity contribution >= 4 is 17.9 Å². The van der Waals surface area contributed by atoms with Crippen LogP contribution >= 0.6 is 0 Å². The standard InChI is InChI=1S/C26H30N4O5/c1-29-23(16-22(28-29)21-15-20(33-2)6-8-24(21)34-3)26(32)27-17-18-10-12-30(13-11-18)25(31)9-7-19-5-4-14-35-19/h4-9,14-16,18H,10-13,17H2,1-3H3,(H,27,32). The zero-order valence-electron chi connectivity index (χ0n) is 20.2. The zero-order valence-corrected chi connectivity index (χ0v) is 20.2. The second kappa shape index (κ2) is 10.9. The van der Waals surface area contributed by atoms with Crippen LogP contribution in [0.3, 0.4) is 0 Å². The number of carbonyl (C=O) groups excluding carboxylic acids is 2. The van der Waals surface area contributed by atoms with E-state index in [-0.39, 0.29) is 11.8 Å². The molecule has 184 valence electrons. The van der Waals surface area contributed by atoms with E-state index in [1.54, 1.807) is 56.5 Å². The molecular weight excluding hydrogens is 448 g/mol. The second-order valence-corrected chi connectivity index (χ2v) is 8.43. The van der Waals surface area contributed by atoms with Gasteiger partial charge in [-0.2, -0.15) is 5.10 Å². The fraction of sp³-hybridized carbons (Fsp3) is 0.346. The van der Waals surface area contributed by atoms with Crippen molar-refractivity contribution < 1.29 is 23.5 Å². The summed E-state index contributed by atoms with van der Waals surface area (Å²) in [4.78, 5) is 27.1. The normalized spacial score (nSPS) is 14.3. The summed E-state index contributed by atoms with van der Waals surface area (Å²) in [6, 6.07) is 10.8. The van der Waals surface area contributed by atoms with Crippen molar-refractivity contribution in [2.75, 3.05) is 33.9 Å². The maximum Gasteiger partial charge on any atom is 0.269 e. The molecule has 1 fully saturated rings. The fourth-order valence-electron chi connectivity index (χ4n) is 4.16. The number of aromatic nitrogens is 2. The molecule has 4 rings (SSSR count). The minimum absolute atomic E-state index is 0.0285. The van der Waals surface area contributed by atoms with Crippen LogP contribution in [-0.4, -0.2) is 60.3 Å². The quantitative estimate of drug-likeness (QED) is 0.499. The Hall–Kier alpha value is -4.01. The minimum Gasteiger partial charge on any atom is -0.497 e. The lowest BCUT2D eigenvalue weighted by Gasteiger charge is -2.31. The van der Waals surface area contributed by atoms with Crippen LogP contribution in [0.5, 0.6) is 11.5 Å². The van der Waals surface area contributed by atoms with Crippen LogP contribution in [0.25, 0.3) is 17.3 Å². The summed E-state index contributed by atoms with van der Waals surface area (Å²) in [5.74, 6) is 2.07. The molecule has 0 bridgehead atoms. The first-order valence-electron chi connectivity index (χ1n) is 11.5. The third kappa shape index (κ3) is 5.74. The van der Waals surface area contributed by atoms with Gasteiger partial charge in [0.05, 0.1) is 26.2 Å². The van der Waals surface area contributed by atoms with E-state index in [1.807, 2.05) is 23.1 Å². The molecule has 35 heavy (non-hydrogen) atoms. The lowest BCUT2D eigenvalue weighted by Crippen LogP contribution is -2.41. The number of rotatable bonds is 8. The number of carbonyl (C=O) groups is 2. The number of ether oxygens (including phenoxy) is 2. The first-order chi connectivity index (χ1) is 17.0. The van der Waals surface area contributed by atoms with Gasteiger partial charge in [-0.15, -0.1) is 0 Å². The summed E-state index contributed by atoms with van der Waals surface area (Å²) in [5, 5.41) is 7.54. The molecule has 0 aliphatic carbocycles. The number of nitrogens with one attached hydrogen (secondary N) is 1. The van der Waals surface area contributed by atoms with E-state index in [1.165, 1.54) is 6.08 Å². The molecule has 9 heteroatoms. The van der Waals surface area contributed by atoms with E-state index in [0.29, 0.717) is 54.2 Å². The highest BCUT2D eigenvalue weighted by atomic mass is 16.5. The summed E-state index contributed by atoms with van der Waals surface area (Å²) < 4.78 is 17.6. The van der Waals surface area contributed by atoms with E-state index in [2.05, 4.69) is 10.4 Å². The molecule has 1 N–H and O–H groups in total. The van der Waals surface area contributed by atoms with Gasteiger partial charge < -0.3 is 24.1 Å². The van der Waals surface area contributed by atoms with E-state index < -0.39 is 0 Å². The molecule has 0 radical (unpaired) electrons. The number of aryl methyl sites for hydroxylation is 1. The molecule has 3 aromatic rings. The number of amides is 2. The Labute approximate surface area is 204 Å². The summed E-state index contributed by atoms with van der Waals surface area (Å²) in [6.07, 6.45) is 6.46. The Bertz CT molecular complexity index is 1190. The Balaban J connectivity index is 1.31. The summed E-state index contributed by atoms with van der Waals surface area (Å²) in [7, 11) is 4.93. The van der Waals surface area contributed by atoms with Crippen LogP contribution < -0.4 is 14.8 Å². The Morgan fingerprint density at radius 3 is 2.66 bits per heavy atom. The van der Waals surface area contributed by atoms with E-state index in [0.717, 1.165) is 18.4 Å². The van der Waals surface area contributed by atoms with Gasteiger partial charge >= 0.3 is 0 Å². The first-order valence-corrected chi connectivity index (χ1v) is 11.5. The number of benzene rings is 1. The smallest absolute Gasteiger partial charge is 0.269 e. The lowest BCUT2D eigenvalue weighted by molar-refractivity contribution is -0.127. The van der Waals surface area contributed by atoms with Crippen molar-refractivity contribution in [1.29, 1.82) is 0 Å². The van der Waals surface area contributed by atoms with E-state index in [4.69, 9.17) is 13.9 Å². The van der Waals surface area contributed by atoms with Crippen LogP contribution in [-0.2, 0) is 11.8 Å². The fourth-order valence-corrected chi connectivity index (χ4v) is 4.16. The average Bonchev–Trinajstić information content (AvgIpc) is 3.55. The van der Waals surface area contributed by atoms with Crippen molar-refractivity contribution in [1.82, 2.24) is 20.0 Å². The van der Waals surface area contributed by atoms with Gasteiger partial charge in [0.2, 0.25) is 5.91 Å². The first kappa shape index (κ1) is 24.1. The van der Waals surface area contributed by atoms with Gasteiger partial charge in [0.15, 0.2) is 0 Å². The molecule has 0 saturated carbocycles. The zero-order chi connectivity index (χ0) is 24.8. The largest absolute Gasteiger partial charge is 0.497 e. The van der Waals surface area contributed by atoms with Crippen LogP contribution in [0.1, 0.15) is 29.1 Å². The molecule has 0 spiro atoms. The molecule has 1 saturated heterocycles. The van der Waals surface area contributed by atoms with Gasteiger partial charge in [0, 0.05) is 38.3 Å². The van der Waals surface area contributed by atoms with Gasteiger partial charge in [0.25, 0.3) is 5.91 Å². The number of nitrogens with zero attached hydrogens (tertiary/aromatic N) is 3. The predicted molar refractivity (Wildman–Crippen MR) is 131 cm³/mol. The van der Waals surface area contributed by atoms with Gasteiger partial charge in [0.1, 0.15) is 23.0 Å². The molecule has 0 unspecified atom stereocenters. The van der Waals surface area contributed by atoms with Crippen LogP contribution in [0.2, 0.25) is 0 Å². The average molecular weight is 479 g/mol. The third-order valence-corrected chi connectivity index (χ3v) is 6.21. The van der Waals surface area contributed by atoms with Crippen LogP contribution in [0, 0.1) is 5.92 Å². The molecule has 9 nitrogen and oxygen atoms in total. The monoisotopic (exact) mass is 478 g/mol. The molecule has 0 atom stereocenters.